The molecule has 1 saturated heterocycles. The number of para-hydroxylation sites is 1. The lowest BCUT2D eigenvalue weighted by Gasteiger charge is -2.32. The molecule has 41 heavy (non-hydrogen) atoms. The molecule has 1 N–H and O–H groups in total. The summed E-state index contributed by atoms with van der Waals surface area (Å²) in [7, 11) is 1.68. The Morgan fingerprint density at radius 3 is 2.27 bits per heavy atom. The first kappa shape index (κ1) is 27.9. The number of carbonyl (C=O) groups excluding carboxylic acids is 3. The Balaban J connectivity index is 1.18. The molecular formula is C34H35N3O4. The molecule has 0 aliphatic carbocycles. The summed E-state index contributed by atoms with van der Waals surface area (Å²) in [6.45, 7) is 3.19. The van der Waals surface area contributed by atoms with Crippen molar-refractivity contribution < 1.29 is 19.1 Å². The van der Waals surface area contributed by atoms with E-state index in [9.17, 15) is 14.4 Å². The summed E-state index contributed by atoms with van der Waals surface area (Å²) in [5, 5.41) is 4.99. The highest BCUT2D eigenvalue weighted by atomic mass is 16.5. The van der Waals surface area contributed by atoms with Gasteiger partial charge in [0.05, 0.1) is 5.56 Å². The maximum atomic E-state index is 13.6. The van der Waals surface area contributed by atoms with Crippen molar-refractivity contribution >= 4 is 34.2 Å². The number of nitrogens with zero attached hydrogens (tertiary/aromatic N) is 2. The second-order valence-electron chi connectivity index (χ2n) is 10.5. The van der Waals surface area contributed by atoms with Crippen LogP contribution in [0.1, 0.15) is 48.0 Å². The van der Waals surface area contributed by atoms with Crippen LogP contribution in [0.25, 0.3) is 10.8 Å². The predicted molar refractivity (Wildman–Crippen MR) is 161 cm³/mol. The lowest BCUT2D eigenvalue weighted by molar-refractivity contribution is -0.128. The minimum absolute atomic E-state index is 0.0206. The number of hydrogen-bond donors (Lipinski definition) is 1. The minimum Gasteiger partial charge on any atom is -0.456 e. The number of benzene rings is 4. The first-order valence-corrected chi connectivity index (χ1v) is 14.0. The largest absolute Gasteiger partial charge is 0.456 e. The number of anilines is 1. The number of carbonyl (C=O) groups is 3. The van der Waals surface area contributed by atoms with Crippen molar-refractivity contribution in [3.63, 3.8) is 0 Å². The Morgan fingerprint density at radius 1 is 0.854 bits per heavy atom. The summed E-state index contributed by atoms with van der Waals surface area (Å²) >= 11 is 0. The number of rotatable bonds is 8. The first-order valence-electron chi connectivity index (χ1n) is 14.0. The van der Waals surface area contributed by atoms with Crippen molar-refractivity contribution in [1.82, 2.24) is 9.80 Å². The minimum atomic E-state index is -0.123. The van der Waals surface area contributed by atoms with Crippen LogP contribution < -0.4 is 10.1 Å². The summed E-state index contributed by atoms with van der Waals surface area (Å²) < 4.78 is 6.31. The Hall–Kier alpha value is -4.65. The van der Waals surface area contributed by atoms with Crippen molar-refractivity contribution in [2.75, 3.05) is 32.0 Å². The van der Waals surface area contributed by atoms with Crippen molar-refractivity contribution in [3.05, 3.63) is 102 Å². The van der Waals surface area contributed by atoms with Crippen LogP contribution in [0.15, 0.2) is 91.0 Å². The quantitative estimate of drug-likeness (QED) is 0.274. The average molecular weight is 550 g/mol. The maximum Gasteiger partial charge on any atom is 0.257 e. The zero-order chi connectivity index (χ0) is 28.8. The molecule has 1 fully saturated rings. The van der Waals surface area contributed by atoms with Gasteiger partial charge in [0.25, 0.3) is 5.91 Å². The van der Waals surface area contributed by atoms with Crippen LogP contribution in [0.2, 0.25) is 0 Å². The van der Waals surface area contributed by atoms with Crippen molar-refractivity contribution in [1.29, 1.82) is 0 Å². The Morgan fingerprint density at radius 2 is 1.51 bits per heavy atom. The summed E-state index contributed by atoms with van der Waals surface area (Å²) in [5.41, 5.74) is 2.50. The van der Waals surface area contributed by atoms with Gasteiger partial charge in [0.15, 0.2) is 0 Å². The van der Waals surface area contributed by atoms with E-state index < -0.39 is 0 Å². The Bertz CT molecular complexity index is 1540. The zero-order valence-corrected chi connectivity index (χ0v) is 23.5. The van der Waals surface area contributed by atoms with Crippen LogP contribution in [0.3, 0.4) is 0 Å². The molecule has 1 aliphatic heterocycles. The molecule has 4 aromatic carbocycles. The number of fused-ring (bicyclic) bond motifs is 1. The standard InChI is InChI=1S/C34H35N3O4/c1-24(38)36(2)21-20-33(39)35-28-16-14-25(15-17-28)26-18-22-37(23-19-26)34(40)30-11-5-6-12-32(30)41-31-13-7-9-27-8-3-4-10-29(27)31/h3-17,26H,18-23H2,1-2H3,(H,35,39). The fourth-order valence-corrected chi connectivity index (χ4v) is 5.21. The van der Waals surface area contributed by atoms with Crippen LogP contribution in [-0.4, -0.2) is 54.2 Å². The van der Waals surface area contributed by atoms with E-state index in [1.807, 2.05) is 95.9 Å². The third-order valence-corrected chi connectivity index (χ3v) is 7.75. The molecule has 3 amide bonds. The third-order valence-electron chi connectivity index (χ3n) is 7.75. The smallest absolute Gasteiger partial charge is 0.257 e. The van der Waals surface area contributed by atoms with Crippen molar-refractivity contribution in [2.45, 2.75) is 32.1 Å². The molecule has 0 aromatic heterocycles. The highest BCUT2D eigenvalue weighted by Gasteiger charge is 2.26. The topological polar surface area (TPSA) is 79.0 Å². The van der Waals surface area contributed by atoms with Gasteiger partial charge in [-0.2, -0.15) is 0 Å². The van der Waals surface area contributed by atoms with E-state index in [1.54, 1.807) is 7.05 Å². The van der Waals surface area contributed by atoms with E-state index in [0.29, 0.717) is 36.9 Å². The number of ether oxygens (including phenoxy) is 1. The predicted octanol–water partition coefficient (Wildman–Crippen LogP) is 6.46. The van der Waals surface area contributed by atoms with Crippen LogP contribution in [0.5, 0.6) is 11.5 Å². The van der Waals surface area contributed by atoms with E-state index in [-0.39, 0.29) is 24.1 Å². The van der Waals surface area contributed by atoms with E-state index in [1.165, 1.54) is 17.4 Å². The normalized spacial score (nSPS) is 13.6. The van der Waals surface area contributed by atoms with E-state index in [4.69, 9.17) is 4.74 Å². The molecule has 1 heterocycles. The second-order valence-corrected chi connectivity index (χ2v) is 10.5. The fraction of sp³-hybridized carbons (Fsp3) is 0.265. The number of likely N-dealkylation sites (tertiary alicyclic amines) is 1. The van der Waals surface area contributed by atoms with Gasteiger partial charge in [-0.05, 0) is 60.0 Å². The maximum absolute atomic E-state index is 13.6. The molecule has 0 unspecified atom stereocenters. The van der Waals surface area contributed by atoms with Crippen LogP contribution in [0, 0.1) is 0 Å². The molecule has 4 aromatic rings. The molecule has 0 atom stereocenters. The molecule has 0 spiro atoms. The summed E-state index contributed by atoms with van der Waals surface area (Å²) in [6.07, 6.45) is 1.97. The summed E-state index contributed by atoms with van der Waals surface area (Å²) in [5.74, 6) is 1.42. The summed E-state index contributed by atoms with van der Waals surface area (Å²) in [4.78, 5) is 40.6. The molecule has 0 bridgehead atoms. The van der Waals surface area contributed by atoms with Crippen LogP contribution >= 0.6 is 0 Å². The molecule has 1 aliphatic rings. The van der Waals surface area contributed by atoms with Gasteiger partial charge in [-0.3, -0.25) is 14.4 Å². The monoisotopic (exact) mass is 549 g/mol. The number of piperidine rings is 1. The van der Waals surface area contributed by atoms with Crippen LogP contribution in [-0.2, 0) is 9.59 Å². The molecule has 7 nitrogen and oxygen atoms in total. The summed E-state index contributed by atoms with van der Waals surface area (Å²) in [6, 6.07) is 29.4. The second kappa shape index (κ2) is 12.7. The van der Waals surface area contributed by atoms with Gasteiger partial charge in [-0.15, -0.1) is 0 Å². The van der Waals surface area contributed by atoms with Gasteiger partial charge < -0.3 is 19.9 Å². The SMILES string of the molecule is CC(=O)N(C)CCC(=O)Nc1ccc(C2CCN(C(=O)c3ccccc3Oc3cccc4ccccc34)CC2)cc1. The average Bonchev–Trinajstić information content (AvgIpc) is 3.00. The van der Waals surface area contributed by atoms with Gasteiger partial charge in [-0.1, -0.05) is 60.7 Å². The molecular weight excluding hydrogens is 514 g/mol. The van der Waals surface area contributed by atoms with Crippen molar-refractivity contribution in [3.8, 4) is 11.5 Å². The molecule has 0 radical (unpaired) electrons. The van der Waals surface area contributed by atoms with Gasteiger partial charge in [0.2, 0.25) is 11.8 Å². The fourth-order valence-electron chi connectivity index (χ4n) is 5.21. The highest BCUT2D eigenvalue weighted by molar-refractivity contribution is 5.97. The van der Waals surface area contributed by atoms with Gasteiger partial charge in [-0.25, -0.2) is 0 Å². The highest BCUT2D eigenvalue weighted by Crippen LogP contribution is 2.34. The number of nitrogens with one attached hydrogen (secondary N) is 1. The van der Waals surface area contributed by atoms with Crippen LogP contribution in [0.4, 0.5) is 5.69 Å². The van der Waals surface area contributed by atoms with E-state index in [2.05, 4.69) is 5.32 Å². The van der Waals surface area contributed by atoms with E-state index in [0.717, 1.165) is 35.1 Å². The van der Waals surface area contributed by atoms with E-state index >= 15 is 0 Å². The number of amides is 3. The number of hydrogen-bond acceptors (Lipinski definition) is 4. The van der Waals surface area contributed by atoms with Gasteiger partial charge >= 0.3 is 0 Å². The molecule has 0 saturated carbocycles. The van der Waals surface area contributed by atoms with Gasteiger partial charge in [0, 0.05) is 51.1 Å². The lowest BCUT2D eigenvalue weighted by atomic mass is 9.89. The molecule has 210 valence electrons. The van der Waals surface area contributed by atoms with Gasteiger partial charge in [0.1, 0.15) is 11.5 Å². The first-order chi connectivity index (χ1) is 19.9. The molecule has 5 rings (SSSR count). The molecule has 7 heteroatoms. The van der Waals surface area contributed by atoms with Crippen molar-refractivity contribution in [2.24, 2.45) is 0 Å². The third kappa shape index (κ3) is 6.74. The lowest BCUT2D eigenvalue weighted by Crippen LogP contribution is -2.38. The Kier molecular flexibility index (Phi) is 8.63. The Labute approximate surface area is 240 Å². The zero-order valence-electron chi connectivity index (χ0n) is 23.5.